The molecule has 1 aliphatic rings. The number of hydrogen-bond acceptors (Lipinski definition) is 3. The first-order valence-corrected chi connectivity index (χ1v) is 9.96. The first-order chi connectivity index (χ1) is 12.9. The molecule has 2 N–H and O–H groups in total. The molecule has 0 saturated carbocycles. The summed E-state index contributed by atoms with van der Waals surface area (Å²) in [6, 6.07) is 10.3. The maximum absolute atomic E-state index is 12.8. The molecule has 2 rings (SSSR count). The standard InChI is InChI=1S/C21H33N3O3/c1-4-23(15-20(25)26)18-10-12-24(13-11-18)21(27)22-19(14-16(2)3)17-8-6-5-7-9-17/h5-9,16,18-19H,4,10-15H2,1-3H3,(H,22,27)(H,25,26). The van der Waals surface area contributed by atoms with Gasteiger partial charge in [0, 0.05) is 19.1 Å². The summed E-state index contributed by atoms with van der Waals surface area (Å²) in [5, 5.41) is 12.3. The molecular formula is C21H33N3O3. The van der Waals surface area contributed by atoms with Gasteiger partial charge in [-0.1, -0.05) is 51.1 Å². The van der Waals surface area contributed by atoms with E-state index in [2.05, 4.69) is 31.3 Å². The molecule has 6 nitrogen and oxygen atoms in total. The Kier molecular flexibility index (Phi) is 8.10. The van der Waals surface area contributed by atoms with Gasteiger partial charge >= 0.3 is 12.0 Å². The lowest BCUT2D eigenvalue weighted by molar-refractivity contribution is -0.139. The van der Waals surface area contributed by atoms with Crippen LogP contribution in [0.2, 0.25) is 0 Å². The number of benzene rings is 1. The Labute approximate surface area is 162 Å². The number of hydrogen-bond donors (Lipinski definition) is 2. The quantitative estimate of drug-likeness (QED) is 0.731. The summed E-state index contributed by atoms with van der Waals surface area (Å²) in [5.41, 5.74) is 1.13. The van der Waals surface area contributed by atoms with Crippen LogP contribution in [0.25, 0.3) is 0 Å². The highest BCUT2D eigenvalue weighted by molar-refractivity contribution is 5.75. The Morgan fingerprint density at radius 3 is 2.37 bits per heavy atom. The summed E-state index contributed by atoms with van der Waals surface area (Å²) in [4.78, 5) is 27.7. The highest BCUT2D eigenvalue weighted by Gasteiger charge is 2.28. The average Bonchev–Trinajstić information content (AvgIpc) is 2.66. The van der Waals surface area contributed by atoms with Crippen molar-refractivity contribution in [1.29, 1.82) is 0 Å². The van der Waals surface area contributed by atoms with E-state index in [9.17, 15) is 9.59 Å². The molecule has 0 spiro atoms. The van der Waals surface area contributed by atoms with Gasteiger partial charge in [-0.05, 0) is 37.3 Å². The number of piperidine rings is 1. The van der Waals surface area contributed by atoms with Gasteiger partial charge in [0.25, 0.3) is 0 Å². The summed E-state index contributed by atoms with van der Waals surface area (Å²) >= 11 is 0. The number of carboxylic acids is 1. The lowest BCUT2D eigenvalue weighted by Crippen LogP contribution is -2.51. The number of likely N-dealkylation sites (N-methyl/N-ethyl adjacent to an activating group) is 1. The van der Waals surface area contributed by atoms with E-state index in [1.54, 1.807) is 0 Å². The Morgan fingerprint density at radius 2 is 1.85 bits per heavy atom. The van der Waals surface area contributed by atoms with Crippen LogP contribution in [0.5, 0.6) is 0 Å². The molecule has 150 valence electrons. The van der Waals surface area contributed by atoms with E-state index in [4.69, 9.17) is 5.11 Å². The van der Waals surface area contributed by atoms with Crippen molar-refractivity contribution in [3.63, 3.8) is 0 Å². The molecular weight excluding hydrogens is 342 g/mol. The number of amides is 2. The molecule has 1 aromatic rings. The fourth-order valence-corrected chi connectivity index (χ4v) is 3.78. The summed E-state index contributed by atoms with van der Waals surface area (Å²) in [5.74, 6) is -0.313. The minimum Gasteiger partial charge on any atom is -0.480 e. The smallest absolute Gasteiger partial charge is 0.317 e. The second-order valence-electron chi connectivity index (χ2n) is 7.72. The predicted molar refractivity (Wildman–Crippen MR) is 107 cm³/mol. The van der Waals surface area contributed by atoms with Gasteiger partial charge in [-0.3, -0.25) is 9.69 Å². The average molecular weight is 376 g/mol. The molecule has 1 unspecified atom stereocenters. The van der Waals surface area contributed by atoms with Crippen molar-refractivity contribution in [1.82, 2.24) is 15.1 Å². The minimum absolute atomic E-state index is 0.00979. The van der Waals surface area contributed by atoms with E-state index in [0.29, 0.717) is 25.6 Å². The Balaban J connectivity index is 1.92. The van der Waals surface area contributed by atoms with Crippen LogP contribution in [0.3, 0.4) is 0 Å². The van der Waals surface area contributed by atoms with Crippen LogP contribution in [-0.2, 0) is 4.79 Å². The number of aliphatic carboxylic acids is 1. The Bertz CT molecular complexity index is 598. The molecule has 0 aromatic heterocycles. The highest BCUT2D eigenvalue weighted by Crippen LogP contribution is 2.22. The summed E-state index contributed by atoms with van der Waals surface area (Å²) in [6.45, 7) is 8.42. The maximum atomic E-state index is 12.8. The lowest BCUT2D eigenvalue weighted by Gasteiger charge is -2.38. The van der Waals surface area contributed by atoms with E-state index in [-0.39, 0.29) is 24.7 Å². The molecule has 1 heterocycles. The van der Waals surface area contributed by atoms with Crippen LogP contribution in [0, 0.1) is 5.92 Å². The normalized spacial score (nSPS) is 16.6. The van der Waals surface area contributed by atoms with Crippen molar-refractivity contribution in [2.24, 2.45) is 5.92 Å². The first-order valence-electron chi connectivity index (χ1n) is 9.96. The monoisotopic (exact) mass is 375 g/mol. The van der Waals surface area contributed by atoms with Gasteiger partial charge in [0.2, 0.25) is 0 Å². The second kappa shape index (κ2) is 10.3. The third kappa shape index (κ3) is 6.54. The molecule has 0 bridgehead atoms. The zero-order valence-corrected chi connectivity index (χ0v) is 16.7. The fourth-order valence-electron chi connectivity index (χ4n) is 3.78. The number of carbonyl (C=O) groups is 2. The van der Waals surface area contributed by atoms with Crippen molar-refractivity contribution in [2.45, 2.75) is 52.1 Å². The fraction of sp³-hybridized carbons (Fsp3) is 0.619. The van der Waals surface area contributed by atoms with Gasteiger partial charge in [-0.15, -0.1) is 0 Å². The molecule has 0 aliphatic carbocycles. The Morgan fingerprint density at radius 1 is 1.22 bits per heavy atom. The van der Waals surface area contributed by atoms with Crippen LogP contribution in [-0.4, -0.2) is 59.1 Å². The summed E-state index contributed by atoms with van der Waals surface area (Å²) < 4.78 is 0. The van der Waals surface area contributed by atoms with Gasteiger partial charge in [-0.2, -0.15) is 0 Å². The van der Waals surface area contributed by atoms with Crippen LogP contribution in [0.4, 0.5) is 4.79 Å². The SMILES string of the molecule is CCN(CC(=O)O)C1CCN(C(=O)NC(CC(C)C)c2ccccc2)CC1. The van der Waals surface area contributed by atoms with E-state index in [1.165, 1.54) is 0 Å². The number of nitrogens with zero attached hydrogens (tertiary/aromatic N) is 2. The second-order valence-corrected chi connectivity index (χ2v) is 7.72. The largest absolute Gasteiger partial charge is 0.480 e. The van der Waals surface area contributed by atoms with Crippen molar-refractivity contribution in [3.05, 3.63) is 35.9 Å². The Hall–Kier alpha value is -2.08. The van der Waals surface area contributed by atoms with Crippen LogP contribution >= 0.6 is 0 Å². The highest BCUT2D eigenvalue weighted by atomic mass is 16.4. The van der Waals surface area contributed by atoms with Crippen LogP contribution in [0.1, 0.15) is 51.6 Å². The van der Waals surface area contributed by atoms with E-state index in [1.807, 2.05) is 34.9 Å². The van der Waals surface area contributed by atoms with Crippen molar-refractivity contribution in [2.75, 3.05) is 26.2 Å². The zero-order chi connectivity index (χ0) is 19.8. The predicted octanol–water partition coefficient (Wildman–Crippen LogP) is 3.35. The third-order valence-electron chi connectivity index (χ3n) is 5.22. The van der Waals surface area contributed by atoms with Crippen LogP contribution < -0.4 is 5.32 Å². The number of urea groups is 1. The topological polar surface area (TPSA) is 72.9 Å². The van der Waals surface area contributed by atoms with Gasteiger partial charge in [0.1, 0.15) is 0 Å². The molecule has 0 radical (unpaired) electrons. The van der Waals surface area contributed by atoms with E-state index in [0.717, 1.165) is 24.8 Å². The molecule has 1 atom stereocenters. The van der Waals surface area contributed by atoms with Gasteiger partial charge in [0.15, 0.2) is 0 Å². The molecule has 1 aliphatic heterocycles. The third-order valence-corrected chi connectivity index (χ3v) is 5.22. The number of carbonyl (C=O) groups excluding carboxylic acids is 1. The lowest BCUT2D eigenvalue weighted by atomic mass is 9.97. The first kappa shape index (κ1) is 21.2. The van der Waals surface area contributed by atoms with Crippen molar-refractivity contribution in [3.8, 4) is 0 Å². The zero-order valence-electron chi connectivity index (χ0n) is 16.7. The van der Waals surface area contributed by atoms with Gasteiger partial charge in [-0.25, -0.2) is 4.79 Å². The van der Waals surface area contributed by atoms with Crippen molar-refractivity contribution >= 4 is 12.0 Å². The molecule has 1 aromatic carbocycles. The van der Waals surface area contributed by atoms with E-state index < -0.39 is 5.97 Å². The van der Waals surface area contributed by atoms with Crippen molar-refractivity contribution < 1.29 is 14.7 Å². The molecule has 1 fully saturated rings. The summed E-state index contributed by atoms with van der Waals surface area (Å²) in [6.07, 6.45) is 2.53. The molecule has 27 heavy (non-hydrogen) atoms. The minimum atomic E-state index is -0.795. The molecule has 6 heteroatoms. The van der Waals surface area contributed by atoms with E-state index >= 15 is 0 Å². The van der Waals surface area contributed by atoms with Gasteiger partial charge < -0.3 is 15.3 Å². The molecule has 2 amide bonds. The molecule has 1 saturated heterocycles. The number of nitrogens with one attached hydrogen (secondary N) is 1. The number of carboxylic acid groups (broad SMARTS) is 1. The summed E-state index contributed by atoms with van der Waals surface area (Å²) in [7, 11) is 0. The van der Waals surface area contributed by atoms with Gasteiger partial charge in [0.05, 0.1) is 12.6 Å². The van der Waals surface area contributed by atoms with Crippen LogP contribution in [0.15, 0.2) is 30.3 Å². The number of likely N-dealkylation sites (tertiary alicyclic amines) is 1. The maximum Gasteiger partial charge on any atom is 0.317 e. The number of rotatable bonds is 8.